The molecule has 1 aliphatic rings. The standard InChI is InChI=1S/C16H31NO6/c1-3-4-5-6-7-8-9-22-16-13(17-11(2)19)15(21)14(20)12(10-18)23-16/h12-16,18,20-21H,3-10H2,1-2H3,(H,17,19)/t12?,13-,14?,15?,16-/m1/s1. The van der Waals surface area contributed by atoms with Crippen molar-refractivity contribution in [2.24, 2.45) is 0 Å². The molecule has 0 aromatic heterocycles. The van der Waals surface area contributed by atoms with Gasteiger partial charge in [0, 0.05) is 13.5 Å². The maximum Gasteiger partial charge on any atom is 0.217 e. The smallest absolute Gasteiger partial charge is 0.217 e. The summed E-state index contributed by atoms with van der Waals surface area (Å²) in [7, 11) is 0. The van der Waals surface area contributed by atoms with Crippen molar-refractivity contribution in [1.29, 1.82) is 0 Å². The lowest BCUT2D eigenvalue weighted by Crippen LogP contribution is -2.64. The zero-order valence-corrected chi connectivity index (χ0v) is 14.1. The fraction of sp³-hybridized carbons (Fsp3) is 0.938. The van der Waals surface area contributed by atoms with Crippen LogP contribution in [-0.2, 0) is 14.3 Å². The molecular weight excluding hydrogens is 302 g/mol. The Morgan fingerprint density at radius 3 is 2.39 bits per heavy atom. The molecule has 7 nitrogen and oxygen atoms in total. The summed E-state index contributed by atoms with van der Waals surface area (Å²) < 4.78 is 11.1. The zero-order valence-electron chi connectivity index (χ0n) is 14.1. The summed E-state index contributed by atoms with van der Waals surface area (Å²) in [5.41, 5.74) is 0. The predicted molar refractivity (Wildman–Crippen MR) is 84.7 cm³/mol. The van der Waals surface area contributed by atoms with Crippen LogP contribution in [0.3, 0.4) is 0 Å². The molecular formula is C16H31NO6. The first-order valence-corrected chi connectivity index (χ1v) is 8.52. The molecule has 0 saturated carbocycles. The van der Waals surface area contributed by atoms with E-state index in [1.54, 1.807) is 0 Å². The molecule has 1 heterocycles. The first-order valence-electron chi connectivity index (χ1n) is 8.52. The van der Waals surface area contributed by atoms with Gasteiger partial charge in [-0.3, -0.25) is 4.79 Å². The van der Waals surface area contributed by atoms with Gasteiger partial charge < -0.3 is 30.1 Å². The van der Waals surface area contributed by atoms with E-state index < -0.39 is 37.3 Å². The second-order valence-corrected chi connectivity index (χ2v) is 6.07. The molecule has 7 heteroatoms. The van der Waals surface area contributed by atoms with Crippen LogP contribution < -0.4 is 5.32 Å². The van der Waals surface area contributed by atoms with Crippen LogP contribution in [0.25, 0.3) is 0 Å². The predicted octanol–water partition coefficient (Wildman–Crippen LogP) is 0.307. The van der Waals surface area contributed by atoms with Crippen LogP contribution >= 0.6 is 0 Å². The average molecular weight is 333 g/mol. The van der Waals surface area contributed by atoms with Crippen LogP contribution in [-0.4, -0.2) is 65.1 Å². The van der Waals surface area contributed by atoms with Gasteiger partial charge in [0.25, 0.3) is 0 Å². The van der Waals surface area contributed by atoms with Gasteiger partial charge in [-0.05, 0) is 6.42 Å². The molecule has 5 atom stereocenters. The molecule has 0 aromatic carbocycles. The fourth-order valence-corrected chi connectivity index (χ4v) is 2.69. The van der Waals surface area contributed by atoms with Crippen molar-refractivity contribution in [1.82, 2.24) is 5.32 Å². The quantitative estimate of drug-likeness (QED) is 0.429. The first kappa shape index (κ1) is 20.3. The molecule has 1 fully saturated rings. The molecule has 1 amide bonds. The topological polar surface area (TPSA) is 108 Å². The Morgan fingerprint density at radius 2 is 1.78 bits per heavy atom. The van der Waals surface area contributed by atoms with E-state index in [1.165, 1.54) is 26.2 Å². The molecule has 0 spiro atoms. The van der Waals surface area contributed by atoms with Crippen molar-refractivity contribution in [3.05, 3.63) is 0 Å². The maximum absolute atomic E-state index is 11.3. The van der Waals surface area contributed by atoms with E-state index >= 15 is 0 Å². The van der Waals surface area contributed by atoms with Crippen molar-refractivity contribution in [3.8, 4) is 0 Å². The van der Waals surface area contributed by atoms with Crippen molar-refractivity contribution in [2.45, 2.75) is 83.0 Å². The lowest BCUT2D eigenvalue weighted by Gasteiger charge is -2.42. The van der Waals surface area contributed by atoms with E-state index in [9.17, 15) is 20.1 Å². The Balaban J connectivity index is 2.45. The minimum absolute atomic E-state index is 0.347. The molecule has 1 rings (SSSR count). The highest BCUT2D eigenvalue weighted by molar-refractivity contribution is 5.73. The Labute approximate surface area is 138 Å². The van der Waals surface area contributed by atoms with Gasteiger partial charge in [0.1, 0.15) is 24.4 Å². The molecule has 1 saturated heterocycles. The number of ether oxygens (including phenoxy) is 2. The third kappa shape index (κ3) is 6.73. The second kappa shape index (κ2) is 10.9. The molecule has 0 radical (unpaired) electrons. The fourth-order valence-electron chi connectivity index (χ4n) is 2.69. The lowest BCUT2D eigenvalue weighted by atomic mass is 9.97. The van der Waals surface area contributed by atoms with Crippen LogP contribution in [0.5, 0.6) is 0 Å². The van der Waals surface area contributed by atoms with Crippen LogP contribution in [0.4, 0.5) is 0 Å². The van der Waals surface area contributed by atoms with Crippen molar-refractivity contribution in [3.63, 3.8) is 0 Å². The summed E-state index contributed by atoms with van der Waals surface area (Å²) in [6.45, 7) is 3.50. The van der Waals surface area contributed by atoms with Crippen LogP contribution in [0, 0.1) is 0 Å². The third-order valence-electron chi connectivity index (χ3n) is 4.03. The molecule has 0 aromatic rings. The van der Waals surface area contributed by atoms with Gasteiger partial charge in [-0.15, -0.1) is 0 Å². The number of unbranched alkanes of at least 4 members (excludes halogenated alkanes) is 5. The number of amides is 1. The summed E-state index contributed by atoms with van der Waals surface area (Å²) in [6.07, 6.45) is 2.37. The number of hydrogen-bond donors (Lipinski definition) is 4. The van der Waals surface area contributed by atoms with Gasteiger partial charge in [0.2, 0.25) is 5.91 Å². The number of carbonyl (C=O) groups is 1. The number of nitrogens with one attached hydrogen (secondary N) is 1. The summed E-state index contributed by atoms with van der Waals surface area (Å²) in [6, 6.07) is -0.856. The lowest BCUT2D eigenvalue weighted by molar-refractivity contribution is -0.270. The normalized spacial score (nSPS) is 31.1. The Morgan fingerprint density at radius 1 is 1.13 bits per heavy atom. The van der Waals surface area contributed by atoms with Crippen LogP contribution in [0.15, 0.2) is 0 Å². The molecule has 3 unspecified atom stereocenters. The van der Waals surface area contributed by atoms with Crippen molar-refractivity contribution >= 4 is 5.91 Å². The first-order chi connectivity index (χ1) is 11.0. The van der Waals surface area contributed by atoms with Crippen LogP contribution in [0.1, 0.15) is 52.4 Å². The van der Waals surface area contributed by atoms with E-state index in [-0.39, 0.29) is 5.91 Å². The third-order valence-corrected chi connectivity index (χ3v) is 4.03. The van der Waals surface area contributed by atoms with E-state index in [0.29, 0.717) is 6.61 Å². The monoisotopic (exact) mass is 333 g/mol. The van der Waals surface area contributed by atoms with Gasteiger partial charge in [-0.25, -0.2) is 0 Å². The molecule has 0 aliphatic carbocycles. The highest BCUT2D eigenvalue weighted by Gasteiger charge is 2.45. The highest BCUT2D eigenvalue weighted by Crippen LogP contribution is 2.22. The summed E-state index contributed by atoms with van der Waals surface area (Å²) in [5, 5.41) is 31.8. The number of aliphatic hydroxyl groups is 3. The number of carbonyl (C=O) groups excluding carboxylic acids is 1. The zero-order chi connectivity index (χ0) is 17.2. The second-order valence-electron chi connectivity index (χ2n) is 6.07. The van der Waals surface area contributed by atoms with Gasteiger partial charge in [-0.2, -0.15) is 0 Å². The number of hydrogen-bond acceptors (Lipinski definition) is 6. The summed E-state index contributed by atoms with van der Waals surface area (Å²) in [5.74, 6) is -0.347. The van der Waals surface area contributed by atoms with E-state index in [0.717, 1.165) is 19.3 Å². The highest BCUT2D eigenvalue weighted by atomic mass is 16.7. The van der Waals surface area contributed by atoms with Crippen molar-refractivity contribution < 1.29 is 29.6 Å². The van der Waals surface area contributed by atoms with E-state index in [2.05, 4.69) is 12.2 Å². The van der Waals surface area contributed by atoms with Gasteiger partial charge >= 0.3 is 0 Å². The minimum atomic E-state index is -1.27. The van der Waals surface area contributed by atoms with Gasteiger partial charge in [0.15, 0.2) is 6.29 Å². The summed E-state index contributed by atoms with van der Waals surface area (Å²) >= 11 is 0. The number of aliphatic hydroxyl groups excluding tert-OH is 3. The molecule has 1 aliphatic heterocycles. The molecule has 4 N–H and O–H groups in total. The average Bonchev–Trinajstić information content (AvgIpc) is 2.52. The molecule has 23 heavy (non-hydrogen) atoms. The van der Waals surface area contributed by atoms with Gasteiger partial charge in [0.05, 0.1) is 6.61 Å². The molecule has 0 bridgehead atoms. The number of rotatable bonds is 10. The van der Waals surface area contributed by atoms with Gasteiger partial charge in [-0.1, -0.05) is 39.0 Å². The minimum Gasteiger partial charge on any atom is -0.394 e. The van der Waals surface area contributed by atoms with Crippen molar-refractivity contribution in [2.75, 3.05) is 13.2 Å². The Kier molecular flexibility index (Phi) is 9.66. The molecule has 136 valence electrons. The van der Waals surface area contributed by atoms with E-state index in [4.69, 9.17) is 9.47 Å². The maximum atomic E-state index is 11.3. The Hall–Kier alpha value is -0.730. The van der Waals surface area contributed by atoms with E-state index in [1.807, 2.05) is 0 Å². The van der Waals surface area contributed by atoms with Crippen LogP contribution in [0.2, 0.25) is 0 Å². The summed E-state index contributed by atoms with van der Waals surface area (Å²) in [4.78, 5) is 11.3. The SMILES string of the molecule is CCCCCCCCO[C@@H]1OC(CO)C(O)C(O)[C@H]1NC(C)=O. The Bertz CT molecular complexity index is 341. The largest absolute Gasteiger partial charge is 0.394 e.